The van der Waals surface area contributed by atoms with E-state index in [1.165, 1.54) is 17.8 Å². The molecule has 86 valence electrons. The van der Waals surface area contributed by atoms with Crippen molar-refractivity contribution in [3.63, 3.8) is 0 Å². The highest BCUT2D eigenvalue weighted by molar-refractivity contribution is 5.99. The first kappa shape index (κ1) is 10.1. The van der Waals surface area contributed by atoms with Crippen LogP contribution in [0.4, 0.5) is 0 Å². The van der Waals surface area contributed by atoms with Crippen molar-refractivity contribution in [1.82, 2.24) is 4.90 Å². The first-order valence-electron chi connectivity index (χ1n) is 6.25. The molecule has 0 N–H and O–H groups in total. The summed E-state index contributed by atoms with van der Waals surface area (Å²) < 4.78 is 0. The minimum absolute atomic E-state index is 0.116. The van der Waals surface area contributed by atoms with Gasteiger partial charge in [0.1, 0.15) is 0 Å². The van der Waals surface area contributed by atoms with E-state index in [2.05, 4.69) is 51.1 Å². The highest BCUT2D eigenvalue weighted by atomic mass is 15.2. The van der Waals surface area contributed by atoms with Gasteiger partial charge in [0.05, 0.1) is 11.2 Å². The van der Waals surface area contributed by atoms with E-state index in [9.17, 15) is 0 Å². The van der Waals surface area contributed by atoms with Crippen LogP contribution >= 0.6 is 0 Å². The molecule has 2 aliphatic heterocycles. The summed E-state index contributed by atoms with van der Waals surface area (Å²) in [4.78, 5) is 7.28. The molecule has 0 aromatic carbocycles. The zero-order chi connectivity index (χ0) is 11.6. The van der Waals surface area contributed by atoms with Gasteiger partial charge < -0.3 is 4.90 Å². The van der Waals surface area contributed by atoms with Gasteiger partial charge in [-0.1, -0.05) is 26.8 Å². The molecule has 0 saturated heterocycles. The third-order valence-corrected chi connectivity index (χ3v) is 4.80. The fourth-order valence-corrected chi connectivity index (χ4v) is 3.22. The fourth-order valence-electron chi connectivity index (χ4n) is 3.22. The van der Waals surface area contributed by atoms with Crippen molar-refractivity contribution in [3.05, 3.63) is 24.2 Å². The van der Waals surface area contributed by atoms with Gasteiger partial charge in [0, 0.05) is 23.5 Å². The maximum atomic E-state index is 4.90. The number of aliphatic imine (C=N–C) groups is 1. The largest absolute Gasteiger partial charge is 0.341 e. The molecule has 3 aliphatic rings. The smallest absolute Gasteiger partial charge is 0.0882 e. The summed E-state index contributed by atoms with van der Waals surface area (Å²) in [5.41, 5.74) is 3.01. The number of rotatable bonds is 1. The molecule has 0 aromatic heterocycles. The maximum absolute atomic E-state index is 4.90. The van der Waals surface area contributed by atoms with Crippen molar-refractivity contribution in [2.75, 3.05) is 0 Å². The summed E-state index contributed by atoms with van der Waals surface area (Å²) in [6.07, 6.45) is 9.24. The van der Waals surface area contributed by atoms with E-state index in [1.54, 1.807) is 0 Å². The van der Waals surface area contributed by atoms with E-state index in [0.717, 1.165) is 6.42 Å². The van der Waals surface area contributed by atoms with Crippen LogP contribution in [0, 0.1) is 11.3 Å². The van der Waals surface area contributed by atoms with Gasteiger partial charge in [-0.25, -0.2) is 0 Å². The molecular formula is C14H20N2. The fraction of sp³-hybridized carbons (Fsp3) is 0.643. The van der Waals surface area contributed by atoms with Crippen LogP contribution in [0.3, 0.4) is 0 Å². The first-order chi connectivity index (χ1) is 7.47. The molecule has 2 atom stereocenters. The van der Waals surface area contributed by atoms with Gasteiger partial charge in [-0.3, -0.25) is 4.99 Å². The van der Waals surface area contributed by atoms with Crippen LogP contribution < -0.4 is 0 Å². The van der Waals surface area contributed by atoms with Crippen molar-refractivity contribution in [2.45, 2.75) is 46.1 Å². The molecule has 3 rings (SSSR count). The molecule has 0 aromatic rings. The van der Waals surface area contributed by atoms with E-state index in [1.807, 2.05) is 0 Å². The minimum atomic E-state index is 0.116. The van der Waals surface area contributed by atoms with Crippen molar-refractivity contribution < 1.29 is 0 Å². The van der Waals surface area contributed by atoms with Crippen LogP contribution in [-0.2, 0) is 0 Å². The number of hydrogen-bond acceptors (Lipinski definition) is 2. The van der Waals surface area contributed by atoms with E-state index >= 15 is 0 Å². The lowest BCUT2D eigenvalue weighted by atomic mass is 9.75. The van der Waals surface area contributed by atoms with Crippen molar-refractivity contribution in [2.24, 2.45) is 16.3 Å². The Morgan fingerprint density at radius 3 is 2.81 bits per heavy atom. The van der Waals surface area contributed by atoms with E-state index in [-0.39, 0.29) is 11.0 Å². The third kappa shape index (κ3) is 0.957. The zero-order valence-corrected chi connectivity index (χ0v) is 10.6. The number of hydrogen-bond donors (Lipinski definition) is 0. The van der Waals surface area contributed by atoms with Crippen LogP contribution in [-0.4, -0.2) is 16.2 Å². The second kappa shape index (κ2) is 2.79. The van der Waals surface area contributed by atoms with E-state index in [0.29, 0.717) is 5.92 Å². The molecule has 0 radical (unpaired) electrons. The number of nitrogens with zero attached hydrogens (tertiary/aromatic N) is 2. The second-order valence-electron chi connectivity index (χ2n) is 5.98. The van der Waals surface area contributed by atoms with Gasteiger partial charge in [-0.2, -0.15) is 0 Å². The molecule has 1 fully saturated rings. The molecule has 1 saturated carbocycles. The second-order valence-corrected chi connectivity index (χ2v) is 5.98. The Balaban J connectivity index is 2.12. The standard InChI is InChI=1S/C14H20N2/c1-10(2)11-9-16-8-7-13(3)6-5-12(15-11)14(13,16)4/h7-10H,5-6H2,1-4H3. The Morgan fingerprint density at radius 1 is 1.38 bits per heavy atom. The molecule has 2 heterocycles. The molecule has 2 unspecified atom stereocenters. The SMILES string of the molecule is CC(C)C1=CN2C=CC3(C)CCC(=N1)C23C. The summed E-state index contributed by atoms with van der Waals surface area (Å²) in [5, 5.41) is 0. The summed E-state index contributed by atoms with van der Waals surface area (Å²) in [6.45, 7) is 9.13. The van der Waals surface area contributed by atoms with Crippen LogP contribution in [0.1, 0.15) is 40.5 Å². The van der Waals surface area contributed by atoms with Gasteiger partial charge in [0.2, 0.25) is 0 Å². The van der Waals surface area contributed by atoms with Crippen molar-refractivity contribution in [3.8, 4) is 0 Å². The average molecular weight is 216 g/mol. The Labute approximate surface area is 97.7 Å². The predicted molar refractivity (Wildman–Crippen MR) is 67.1 cm³/mol. The average Bonchev–Trinajstić information content (AvgIpc) is 2.64. The monoisotopic (exact) mass is 216 g/mol. The quantitative estimate of drug-likeness (QED) is 0.656. The van der Waals surface area contributed by atoms with Gasteiger partial charge in [0.25, 0.3) is 0 Å². The Morgan fingerprint density at radius 2 is 2.12 bits per heavy atom. The highest BCUT2D eigenvalue weighted by Crippen LogP contribution is 2.54. The van der Waals surface area contributed by atoms with Crippen LogP contribution in [0.15, 0.2) is 29.2 Å². The van der Waals surface area contributed by atoms with Gasteiger partial charge >= 0.3 is 0 Å². The molecule has 16 heavy (non-hydrogen) atoms. The van der Waals surface area contributed by atoms with Gasteiger partial charge in [0.15, 0.2) is 0 Å². The summed E-state index contributed by atoms with van der Waals surface area (Å²) in [7, 11) is 0. The lowest BCUT2D eigenvalue weighted by Gasteiger charge is -2.43. The van der Waals surface area contributed by atoms with Gasteiger partial charge in [-0.05, 0) is 25.7 Å². The highest BCUT2D eigenvalue weighted by Gasteiger charge is 2.58. The Hall–Kier alpha value is -1.05. The summed E-state index contributed by atoms with van der Waals surface area (Å²) in [6, 6.07) is 0. The lowest BCUT2D eigenvalue weighted by Crippen LogP contribution is -2.51. The van der Waals surface area contributed by atoms with Crippen LogP contribution in [0.5, 0.6) is 0 Å². The molecule has 0 bridgehead atoms. The lowest BCUT2D eigenvalue weighted by molar-refractivity contribution is 0.204. The molecular weight excluding hydrogens is 196 g/mol. The molecule has 0 amide bonds. The molecule has 0 spiro atoms. The Kier molecular flexibility index (Phi) is 1.77. The number of allylic oxidation sites excluding steroid dienone is 1. The predicted octanol–water partition coefficient (Wildman–Crippen LogP) is 3.33. The van der Waals surface area contributed by atoms with Crippen LogP contribution in [0.2, 0.25) is 0 Å². The topological polar surface area (TPSA) is 15.6 Å². The maximum Gasteiger partial charge on any atom is 0.0882 e. The van der Waals surface area contributed by atoms with Gasteiger partial charge in [-0.15, -0.1) is 0 Å². The Bertz CT molecular complexity index is 430. The van der Waals surface area contributed by atoms with Crippen molar-refractivity contribution >= 4 is 5.71 Å². The molecule has 2 heteroatoms. The summed E-state index contributed by atoms with van der Waals surface area (Å²) >= 11 is 0. The van der Waals surface area contributed by atoms with Crippen LogP contribution in [0.25, 0.3) is 0 Å². The van der Waals surface area contributed by atoms with E-state index in [4.69, 9.17) is 4.99 Å². The minimum Gasteiger partial charge on any atom is -0.341 e. The summed E-state index contributed by atoms with van der Waals surface area (Å²) in [5.74, 6) is 0.512. The third-order valence-electron chi connectivity index (χ3n) is 4.80. The zero-order valence-electron chi connectivity index (χ0n) is 10.6. The van der Waals surface area contributed by atoms with Crippen molar-refractivity contribution in [1.29, 1.82) is 0 Å². The first-order valence-corrected chi connectivity index (χ1v) is 6.25. The molecule has 2 nitrogen and oxygen atoms in total. The molecule has 1 aliphatic carbocycles. The normalized spacial score (nSPS) is 40.2. The van der Waals surface area contributed by atoms with E-state index < -0.39 is 0 Å².